The minimum Gasteiger partial charge on any atom is -0.493 e. The van der Waals surface area contributed by atoms with E-state index in [1.807, 2.05) is 0 Å². The highest BCUT2D eigenvalue weighted by molar-refractivity contribution is 9.10. The summed E-state index contributed by atoms with van der Waals surface area (Å²) >= 11 is 16.7. The van der Waals surface area contributed by atoms with E-state index < -0.39 is 5.91 Å². The predicted octanol–water partition coefficient (Wildman–Crippen LogP) is 5.45. The van der Waals surface area contributed by atoms with Crippen LogP contribution in [0.4, 0.5) is 0 Å². The summed E-state index contributed by atoms with van der Waals surface area (Å²) in [5.74, 6) is 0.254. The van der Waals surface area contributed by atoms with Gasteiger partial charge in [0.25, 0.3) is 5.91 Å². The summed E-state index contributed by atoms with van der Waals surface area (Å²) in [7, 11) is 1.52. The van der Waals surface area contributed by atoms with Crippen molar-refractivity contribution in [2.75, 3.05) is 7.11 Å². The van der Waals surface area contributed by atoms with Crippen molar-refractivity contribution in [2.45, 2.75) is 13.5 Å². The van der Waals surface area contributed by atoms with Gasteiger partial charge in [0.2, 0.25) is 5.91 Å². The Labute approximate surface area is 195 Å². The molecule has 0 aliphatic carbocycles. The molecule has 2 amide bonds. The SMILES string of the molecule is COc1cc(/C=C2\SC(NC(C)=O)=NC2=O)cc(Br)c1OCc1ccc(Cl)cc1Cl. The maximum absolute atomic E-state index is 12.1. The molecule has 10 heteroatoms. The third-order valence-corrected chi connectivity index (χ3v) is 5.92. The van der Waals surface area contributed by atoms with Gasteiger partial charge >= 0.3 is 0 Å². The monoisotopic (exact) mass is 528 g/mol. The van der Waals surface area contributed by atoms with E-state index in [2.05, 4.69) is 26.2 Å². The summed E-state index contributed by atoms with van der Waals surface area (Å²) in [6, 6.07) is 8.71. The van der Waals surface area contributed by atoms with Crippen molar-refractivity contribution in [3.05, 3.63) is 60.9 Å². The highest BCUT2D eigenvalue weighted by atomic mass is 79.9. The number of ether oxygens (including phenoxy) is 2. The third-order valence-electron chi connectivity index (χ3n) is 3.84. The zero-order chi connectivity index (χ0) is 21.8. The van der Waals surface area contributed by atoms with Crippen molar-refractivity contribution in [1.29, 1.82) is 0 Å². The highest BCUT2D eigenvalue weighted by Crippen LogP contribution is 2.39. The molecule has 1 N–H and O–H groups in total. The Morgan fingerprint density at radius 1 is 1.30 bits per heavy atom. The molecule has 0 spiro atoms. The normalized spacial score (nSPS) is 14.6. The van der Waals surface area contributed by atoms with Gasteiger partial charge in [0.15, 0.2) is 16.7 Å². The molecule has 0 saturated heterocycles. The zero-order valence-electron chi connectivity index (χ0n) is 15.8. The van der Waals surface area contributed by atoms with Gasteiger partial charge in [0.05, 0.1) is 16.5 Å². The van der Waals surface area contributed by atoms with Crippen molar-refractivity contribution in [3.8, 4) is 11.5 Å². The first-order valence-electron chi connectivity index (χ1n) is 8.51. The molecule has 0 saturated carbocycles. The molecule has 0 bridgehead atoms. The van der Waals surface area contributed by atoms with Crippen LogP contribution in [0.3, 0.4) is 0 Å². The Balaban J connectivity index is 1.80. The van der Waals surface area contributed by atoms with Crippen LogP contribution in [-0.4, -0.2) is 24.1 Å². The Kier molecular flexibility index (Phi) is 7.46. The third kappa shape index (κ3) is 5.57. The van der Waals surface area contributed by atoms with Crippen LogP contribution in [-0.2, 0) is 16.2 Å². The molecule has 6 nitrogen and oxygen atoms in total. The summed E-state index contributed by atoms with van der Waals surface area (Å²) in [5, 5.41) is 3.82. The van der Waals surface area contributed by atoms with Crippen LogP contribution in [0.15, 0.2) is 44.7 Å². The average Bonchev–Trinajstić information content (AvgIpc) is 2.99. The molecular weight excluding hydrogens is 515 g/mol. The number of nitrogens with one attached hydrogen (secondary N) is 1. The summed E-state index contributed by atoms with van der Waals surface area (Å²) in [5.41, 5.74) is 1.47. The summed E-state index contributed by atoms with van der Waals surface area (Å²) < 4.78 is 12.0. The molecule has 0 aromatic heterocycles. The summed E-state index contributed by atoms with van der Waals surface area (Å²) in [4.78, 5) is 27.4. The van der Waals surface area contributed by atoms with E-state index in [0.717, 1.165) is 17.3 Å². The Morgan fingerprint density at radius 3 is 2.73 bits per heavy atom. The topological polar surface area (TPSA) is 77.0 Å². The average molecular weight is 530 g/mol. The second-order valence-corrected chi connectivity index (χ2v) is 8.80. The van der Waals surface area contributed by atoms with Crippen LogP contribution in [0, 0.1) is 0 Å². The number of amidine groups is 1. The number of hydrogen-bond donors (Lipinski definition) is 1. The molecule has 3 rings (SSSR count). The molecule has 1 aliphatic rings. The van der Waals surface area contributed by atoms with E-state index in [1.54, 1.807) is 36.4 Å². The fourth-order valence-corrected chi connectivity index (χ4v) is 4.41. The van der Waals surface area contributed by atoms with Crippen LogP contribution < -0.4 is 14.8 Å². The molecule has 2 aromatic carbocycles. The summed E-state index contributed by atoms with van der Waals surface area (Å²) in [6.07, 6.45) is 1.67. The second-order valence-electron chi connectivity index (χ2n) is 6.07. The first-order chi connectivity index (χ1) is 14.3. The number of benzene rings is 2. The van der Waals surface area contributed by atoms with Crippen molar-refractivity contribution in [1.82, 2.24) is 5.32 Å². The molecule has 0 radical (unpaired) electrons. The van der Waals surface area contributed by atoms with Gasteiger partial charge < -0.3 is 14.8 Å². The van der Waals surface area contributed by atoms with E-state index in [1.165, 1.54) is 14.0 Å². The molecule has 0 unspecified atom stereocenters. The highest BCUT2D eigenvalue weighted by Gasteiger charge is 2.23. The fraction of sp³-hybridized carbons (Fsp3) is 0.150. The number of nitrogens with zero attached hydrogens (tertiary/aromatic N) is 1. The minimum atomic E-state index is -0.420. The number of halogens is 3. The molecular formula is C20H15BrCl2N2O4S. The maximum atomic E-state index is 12.1. The van der Waals surface area contributed by atoms with E-state index in [4.69, 9.17) is 32.7 Å². The minimum absolute atomic E-state index is 0.216. The molecule has 1 aliphatic heterocycles. The van der Waals surface area contributed by atoms with Gasteiger partial charge in [-0.25, -0.2) is 0 Å². The van der Waals surface area contributed by atoms with Gasteiger partial charge in [-0.1, -0.05) is 29.3 Å². The largest absolute Gasteiger partial charge is 0.493 e. The smallest absolute Gasteiger partial charge is 0.286 e. The van der Waals surface area contributed by atoms with Crippen LogP contribution in [0.5, 0.6) is 11.5 Å². The number of carbonyl (C=O) groups excluding carboxylic acids is 2. The van der Waals surface area contributed by atoms with Gasteiger partial charge in [0.1, 0.15) is 6.61 Å². The van der Waals surface area contributed by atoms with E-state index in [-0.39, 0.29) is 17.7 Å². The number of thioether (sulfide) groups is 1. The molecule has 0 fully saturated rings. The van der Waals surface area contributed by atoms with Gasteiger partial charge in [0, 0.05) is 22.5 Å². The van der Waals surface area contributed by atoms with Crippen LogP contribution >= 0.6 is 50.9 Å². The van der Waals surface area contributed by atoms with Gasteiger partial charge in [-0.05, 0) is 63.6 Å². The lowest BCUT2D eigenvalue weighted by Gasteiger charge is -2.14. The second kappa shape index (κ2) is 9.87. The van der Waals surface area contributed by atoms with Crippen molar-refractivity contribution >= 4 is 74.0 Å². The number of aliphatic imine (C=N–C) groups is 1. The van der Waals surface area contributed by atoms with E-state index in [0.29, 0.717) is 36.5 Å². The molecule has 0 atom stereocenters. The Bertz CT molecular complexity index is 1090. The van der Waals surface area contributed by atoms with Crippen molar-refractivity contribution in [2.24, 2.45) is 4.99 Å². The number of hydrogen-bond acceptors (Lipinski definition) is 5. The number of methoxy groups -OCH3 is 1. The quantitative estimate of drug-likeness (QED) is 0.521. The standard InChI is InChI=1S/C20H15BrCl2N2O4S/c1-10(26)24-20-25-19(27)17(30-20)7-11-5-14(21)18(16(6-11)28-2)29-9-12-3-4-13(22)8-15(12)23/h3-8H,9H2,1-2H3,(H,24,25,26,27)/b17-7-. The lowest BCUT2D eigenvalue weighted by molar-refractivity contribution is -0.117. The molecule has 1 heterocycles. The van der Waals surface area contributed by atoms with Gasteiger partial charge in [-0.2, -0.15) is 4.99 Å². The Hall–Kier alpha value is -2.00. The fourth-order valence-electron chi connectivity index (χ4n) is 2.52. The lowest BCUT2D eigenvalue weighted by Crippen LogP contribution is -2.23. The predicted molar refractivity (Wildman–Crippen MR) is 123 cm³/mol. The molecule has 156 valence electrons. The van der Waals surface area contributed by atoms with Gasteiger partial charge in [-0.3, -0.25) is 9.59 Å². The van der Waals surface area contributed by atoms with Crippen molar-refractivity contribution < 1.29 is 19.1 Å². The van der Waals surface area contributed by atoms with E-state index in [9.17, 15) is 9.59 Å². The maximum Gasteiger partial charge on any atom is 0.286 e. The lowest BCUT2D eigenvalue weighted by atomic mass is 10.2. The van der Waals surface area contributed by atoms with Gasteiger partial charge in [-0.15, -0.1) is 0 Å². The number of amides is 2. The van der Waals surface area contributed by atoms with Crippen LogP contribution in [0.1, 0.15) is 18.1 Å². The van der Waals surface area contributed by atoms with Crippen molar-refractivity contribution in [3.63, 3.8) is 0 Å². The first-order valence-corrected chi connectivity index (χ1v) is 10.9. The molecule has 2 aromatic rings. The first kappa shape index (κ1) is 22.7. The number of rotatable bonds is 5. The Morgan fingerprint density at radius 2 is 2.07 bits per heavy atom. The molecule has 30 heavy (non-hydrogen) atoms. The summed E-state index contributed by atoms with van der Waals surface area (Å²) in [6.45, 7) is 1.57. The van der Waals surface area contributed by atoms with Crippen LogP contribution in [0.25, 0.3) is 6.08 Å². The van der Waals surface area contributed by atoms with Crippen LogP contribution in [0.2, 0.25) is 10.0 Å². The number of carbonyl (C=O) groups is 2. The van der Waals surface area contributed by atoms with E-state index >= 15 is 0 Å². The zero-order valence-corrected chi connectivity index (χ0v) is 19.7.